The highest BCUT2D eigenvalue weighted by atomic mass is 32.2. The number of aliphatic hydroxyl groups is 1. The molecule has 0 aliphatic carbocycles. The van der Waals surface area contributed by atoms with Gasteiger partial charge in [0.15, 0.2) is 0 Å². The molecular weight excluding hydrogens is 380 g/mol. The van der Waals surface area contributed by atoms with Crippen LogP contribution in [0.1, 0.15) is 6.42 Å². The SMILES string of the molecule is Nc1c(SCCCO)sc2nc(-c3cccs3)cc(-c3ccccc3)c12. The van der Waals surface area contributed by atoms with E-state index in [1.165, 1.54) is 0 Å². The lowest BCUT2D eigenvalue weighted by Crippen LogP contribution is -1.91. The van der Waals surface area contributed by atoms with Crippen molar-refractivity contribution in [1.29, 1.82) is 0 Å². The molecule has 4 aromatic rings. The summed E-state index contributed by atoms with van der Waals surface area (Å²) in [5.41, 5.74) is 10.6. The van der Waals surface area contributed by atoms with E-state index in [9.17, 15) is 0 Å². The first-order valence-electron chi connectivity index (χ1n) is 8.34. The van der Waals surface area contributed by atoms with Gasteiger partial charge in [0, 0.05) is 17.7 Å². The van der Waals surface area contributed by atoms with Crippen molar-refractivity contribution in [3.05, 3.63) is 53.9 Å². The molecule has 3 N–H and O–H groups in total. The van der Waals surface area contributed by atoms with Gasteiger partial charge in [-0.05, 0) is 35.1 Å². The van der Waals surface area contributed by atoms with Gasteiger partial charge in [0.1, 0.15) is 4.83 Å². The minimum absolute atomic E-state index is 0.202. The van der Waals surface area contributed by atoms with Gasteiger partial charge in [-0.2, -0.15) is 0 Å². The van der Waals surface area contributed by atoms with Crippen molar-refractivity contribution < 1.29 is 5.11 Å². The largest absolute Gasteiger partial charge is 0.397 e. The highest BCUT2D eigenvalue weighted by molar-refractivity contribution is 8.01. The van der Waals surface area contributed by atoms with Crippen LogP contribution in [0.25, 0.3) is 31.9 Å². The molecule has 26 heavy (non-hydrogen) atoms. The summed E-state index contributed by atoms with van der Waals surface area (Å²) in [5.74, 6) is 0.853. The quantitative estimate of drug-likeness (QED) is 0.321. The van der Waals surface area contributed by atoms with E-state index in [0.29, 0.717) is 0 Å². The van der Waals surface area contributed by atoms with E-state index in [-0.39, 0.29) is 6.61 Å². The van der Waals surface area contributed by atoms with Gasteiger partial charge in [-0.3, -0.25) is 0 Å². The van der Waals surface area contributed by atoms with Crippen LogP contribution in [0.3, 0.4) is 0 Å². The maximum atomic E-state index is 9.04. The van der Waals surface area contributed by atoms with Crippen molar-refractivity contribution in [3.8, 4) is 21.7 Å². The molecule has 0 aliphatic heterocycles. The van der Waals surface area contributed by atoms with Crippen molar-refractivity contribution in [1.82, 2.24) is 4.98 Å². The lowest BCUT2D eigenvalue weighted by atomic mass is 10.0. The highest BCUT2D eigenvalue weighted by Gasteiger charge is 2.18. The van der Waals surface area contributed by atoms with Crippen LogP contribution >= 0.6 is 34.4 Å². The van der Waals surface area contributed by atoms with Gasteiger partial charge < -0.3 is 10.8 Å². The highest BCUT2D eigenvalue weighted by Crippen LogP contribution is 2.45. The number of pyridine rings is 1. The summed E-state index contributed by atoms with van der Waals surface area (Å²) in [6.07, 6.45) is 0.762. The van der Waals surface area contributed by atoms with Crippen LogP contribution in [0, 0.1) is 0 Å². The monoisotopic (exact) mass is 398 g/mol. The predicted molar refractivity (Wildman–Crippen MR) is 115 cm³/mol. The number of nitrogen functional groups attached to an aromatic ring is 1. The average Bonchev–Trinajstić information content (AvgIpc) is 3.31. The Kier molecular flexibility index (Phi) is 5.26. The number of benzene rings is 1. The lowest BCUT2D eigenvalue weighted by Gasteiger charge is -2.07. The van der Waals surface area contributed by atoms with Crippen molar-refractivity contribution in [2.24, 2.45) is 0 Å². The molecule has 4 rings (SSSR count). The van der Waals surface area contributed by atoms with Gasteiger partial charge in [0.05, 0.1) is 20.5 Å². The molecule has 132 valence electrons. The second-order valence-corrected chi connectivity index (χ2v) is 9.12. The molecule has 0 unspecified atom stereocenters. The molecule has 1 aromatic carbocycles. The van der Waals surface area contributed by atoms with E-state index in [2.05, 4.69) is 29.6 Å². The first-order chi connectivity index (χ1) is 12.8. The van der Waals surface area contributed by atoms with Crippen LogP contribution in [0.2, 0.25) is 0 Å². The number of anilines is 1. The van der Waals surface area contributed by atoms with Crippen LogP contribution in [-0.4, -0.2) is 22.5 Å². The number of aliphatic hydroxyl groups excluding tert-OH is 1. The van der Waals surface area contributed by atoms with Crippen molar-refractivity contribution in [2.45, 2.75) is 10.6 Å². The second kappa shape index (κ2) is 7.80. The average molecular weight is 399 g/mol. The summed E-state index contributed by atoms with van der Waals surface area (Å²) in [6, 6.07) is 16.6. The summed E-state index contributed by atoms with van der Waals surface area (Å²) in [6.45, 7) is 0.202. The third-order valence-electron chi connectivity index (χ3n) is 4.06. The number of thioether (sulfide) groups is 1. The smallest absolute Gasteiger partial charge is 0.127 e. The zero-order valence-corrected chi connectivity index (χ0v) is 16.5. The first kappa shape index (κ1) is 17.5. The Morgan fingerprint density at radius 2 is 1.96 bits per heavy atom. The van der Waals surface area contributed by atoms with Crippen molar-refractivity contribution >= 4 is 50.3 Å². The minimum atomic E-state index is 0.202. The fourth-order valence-corrected chi connectivity index (χ4v) is 5.81. The second-order valence-electron chi connectivity index (χ2n) is 5.81. The topological polar surface area (TPSA) is 59.1 Å². The summed E-state index contributed by atoms with van der Waals surface area (Å²) in [5, 5.41) is 12.1. The van der Waals surface area contributed by atoms with Crippen LogP contribution in [-0.2, 0) is 0 Å². The zero-order chi connectivity index (χ0) is 17.9. The molecule has 0 radical (unpaired) electrons. The minimum Gasteiger partial charge on any atom is -0.397 e. The third kappa shape index (κ3) is 3.38. The number of thiophene rings is 2. The van der Waals surface area contributed by atoms with Gasteiger partial charge in [0.2, 0.25) is 0 Å². The van der Waals surface area contributed by atoms with E-state index < -0.39 is 0 Å². The number of nitrogens with two attached hydrogens (primary N) is 1. The van der Waals surface area contributed by atoms with E-state index in [0.717, 1.165) is 54.0 Å². The summed E-state index contributed by atoms with van der Waals surface area (Å²) in [7, 11) is 0. The normalized spacial score (nSPS) is 11.3. The van der Waals surface area contributed by atoms with Crippen LogP contribution < -0.4 is 5.73 Å². The van der Waals surface area contributed by atoms with Crippen LogP contribution in [0.5, 0.6) is 0 Å². The maximum absolute atomic E-state index is 9.04. The Morgan fingerprint density at radius 3 is 2.69 bits per heavy atom. The number of aromatic nitrogens is 1. The summed E-state index contributed by atoms with van der Waals surface area (Å²) < 4.78 is 1.08. The molecule has 0 fully saturated rings. The van der Waals surface area contributed by atoms with Gasteiger partial charge in [-0.1, -0.05) is 36.4 Å². The van der Waals surface area contributed by atoms with Gasteiger partial charge in [-0.15, -0.1) is 34.4 Å². The fourth-order valence-electron chi connectivity index (χ4n) is 2.83. The van der Waals surface area contributed by atoms with E-state index >= 15 is 0 Å². The Balaban J connectivity index is 1.90. The molecule has 0 atom stereocenters. The van der Waals surface area contributed by atoms with E-state index in [1.807, 2.05) is 24.3 Å². The van der Waals surface area contributed by atoms with Crippen molar-refractivity contribution in [3.63, 3.8) is 0 Å². The fraction of sp³-hybridized carbons (Fsp3) is 0.150. The van der Waals surface area contributed by atoms with Crippen LogP contribution in [0.4, 0.5) is 5.69 Å². The molecule has 0 aliphatic rings. The molecule has 6 heteroatoms. The molecule has 0 saturated heterocycles. The molecule has 0 amide bonds. The van der Waals surface area contributed by atoms with Gasteiger partial charge >= 0.3 is 0 Å². The summed E-state index contributed by atoms with van der Waals surface area (Å²) in [4.78, 5) is 7.03. The maximum Gasteiger partial charge on any atom is 0.127 e. The molecule has 3 heterocycles. The Labute approximate surface area is 164 Å². The molecule has 3 nitrogen and oxygen atoms in total. The third-order valence-corrected chi connectivity index (χ3v) is 7.42. The van der Waals surface area contributed by atoms with E-state index in [1.54, 1.807) is 34.4 Å². The molecule has 0 bridgehead atoms. The van der Waals surface area contributed by atoms with Crippen LogP contribution in [0.15, 0.2) is 58.1 Å². The lowest BCUT2D eigenvalue weighted by molar-refractivity contribution is 0.296. The molecular formula is C20H18N2OS3. The Morgan fingerprint density at radius 1 is 1.12 bits per heavy atom. The summed E-state index contributed by atoms with van der Waals surface area (Å²) >= 11 is 5.04. The Bertz CT molecular complexity index is 1010. The first-order valence-corrected chi connectivity index (χ1v) is 11.0. The molecule has 0 saturated carbocycles. The van der Waals surface area contributed by atoms with E-state index in [4.69, 9.17) is 15.8 Å². The molecule has 0 spiro atoms. The molecule has 3 aromatic heterocycles. The predicted octanol–water partition coefficient (Wildman–Crippen LogP) is 5.75. The number of nitrogens with zero attached hydrogens (tertiary/aromatic N) is 1. The number of hydrogen-bond acceptors (Lipinski definition) is 6. The number of rotatable bonds is 6. The van der Waals surface area contributed by atoms with Crippen molar-refractivity contribution in [2.75, 3.05) is 18.1 Å². The Hall–Kier alpha value is -1.86. The number of hydrogen-bond donors (Lipinski definition) is 2. The van der Waals surface area contributed by atoms with Gasteiger partial charge in [-0.25, -0.2) is 4.98 Å². The van der Waals surface area contributed by atoms with Gasteiger partial charge in [0.25, 0.3) is 0 Å². The number of fused-ring (bicyclic) bond motifs is 1. The zero-order valence-electron chi connectivity index (χ0n) is 14.0. The standard InChI is InChI=1S/C20H18N2OS3/c21-18-17-14(13-6-2-1-3-7-13)12-15(16-8-4-10-24-16)22-19(17)26-20(18)25-11-5-9-23/h1-4,6-8,10,12,23H,5,9,11,21H2.